The van der Waals surface area contributed by atoms with E-state index in [0.29, 0.717) is 0 Å². The molecule has 0 amide bonds. The van der Waals surface area contributed by atoms with Crippen LogP contribution in [0.1, 0.15) is 35.1 Å². The SMILES string of the molecule is C1=Cc2c(cccc2-c2ccc(-c3cc4c(c(-c5ccc(-c6cccnc6)cc5)c3)N=C(c3ccc(-c5cccc6cccc[p+]56)cc3)C4)cc2)CCC1. The molecule has 0 fully saturated rings. The number of hydrogen-bond donors (Lipinski definition) is 0. The number of hydrogen-bond acceptors (Lipinski definition) is 2. The van der Waals surface area contributed by atoms with E-state index in [-0.39, 0.29) is 0 Å². The van der Waals surface area contributed by atoms with Gasteiger partial charge in [0.2, 0.25) is 0 Å². The molecule has 1 unspecified atom stereocenters. The van der Waals surface area contributed by atoms with Gasteiger partial charge in [-0.3, -0.25) is 9.98 Å². The third-order valence-corrected chi connectivity index (χ3v) is 13.2. The number of aliphatic imine (C=N–C) groups is 1. The highest BCUT2D eigenvalue weighted by atomic mass is 31.1. The number of benzene rings is 5. The Labute approximate surface area is 317 Å². The molecule has 1 aliphatic carbocycles. The van der Waals surface area contributed by atoms with Crippen LogP contribution in [-0.2, 0) is 12.8 Å². The fourth-order valence-corrected chi connectivity index (χ4v) is 10.2. The molecule has 0 saturated heterocycles. The third kappa shape index (κ3) is 6.09. The molecule has 1 aliphatic heterocycles. The zero-order chi connectivity index (χ0) is 35.8. The second kappa shape index (κ2) is 14.0. The molecule has 4 heterocycles. The van der Waals surface area contributed by atoms with Crippen molar-refractivity contribution in [3.8, 4) is 55.4 Å². The highest BCUT2D eigenvalue weighted by molar-refractivity contribution is 7.53. The van der Waals surface area contributed by atoms with Gasteiger partial charge in [-0.2, -0.15) is 0 Å². The maximum absolute atomic E-state index is 5.38. The fourth-order valence-electron chi connectivity index (χ4n) is 8.18. The average molecular weight is 710 g/mol. The van der Waals surface area contributed by atoms with E-state index in [4.69, 9.17) is 4.99 Å². The maximum Gasteiger partial charge on any atom is 0.170 e. The molecule has 10 rings (SSSR count). The van der Waals surface area contributed by atoms with Crippen LogP contribution in [0.4, 0.5) is 5.69 Å². The van der Waals surface area contributed by atoms with Gasteiger partial charge in [0.15, 0.2) is 17.8 Å². The van der Waals surface area contributed by atoms with E-state index in [0.717, 1.165) is 52.9 Å². The van der Waals surface area contributed by atoms with Gasteiger partial charge in [0, 0.05) is 29.9 Å². The van der Waals surface area contributed by atoms with Crippen LogP contribution in [0.5, 0.6) is 0 Å². The molecule has 54 heavy (non-hydrogen) atoms. The molecule has 0 bridgehead atoms. The van der Waals surface area contributed by atoms with Gasteiger partial charge in [-0.15, -0.1) is 0 Å². The van der Waals surface area contributed by atoms with E-state index in [2.05, 4.69) is 169 Å². The Balaban J connectivity index is 1.02. The van der Waals surface area contributed by atoms with Gasteiger partial charge in [0.1, 0.15) is 5.80 Å². The number of rotatable bonds is 6. The summed E-state index contributed by atoms with van der Waals surface area (Å²) < 4.78 is 0. The predicted molar refractivity (Wildman–Crippen MR) is 230 cm³/mol. The number of fused-ring (bicyclic) bond motifs is 3. The van der Waals surface area contributed by atoms with Crippen molar-refractivity contribution >= 4 is 29.9 Å². The number of aromatic nitrogens is 1. The summed E-state index contributed by atoms with van der Waals surface area (Å²) in [5, 5.41) is 2.81. The lowest BCUT2D eigenvalue weighted by atomic mass is 9.90. The predicted octanol–water partition coefficient (Wildman–Crippen LogP) is 14.2. The van der Waals surface area contributed by atoms with E-state index in [1.165, 1.54) is 66.9 Å². The molecule has 0 saturated carbocycles. The van der Waals surface area contributed by atoms with Crippen LogP contribution in [0.3, 0.4) is 0 Å². The van der Waals surface area contributed by atoms with E-state index >= 15 is 0 Å². The molecule has 0 spiro atoms. The molecule has 256 valence electrons. The minimum absolute atomic E-state index is 0.449. The van der Waals surface area contributed by atoms with Crippen molar-refractivity contribution in [1.29, 1.82) is 0 Å². The number of allylic oxidation sites excluding steroid dienone is 1. The molecule has 1 atom stereocenters. The Morgan fingerprint density at radius 2 is 1.24 bits per heavy atom. The fraction of sp³-hybridized carbons (Fsp3) is 0.0784. The van der Waals surface area contributed by atoms with E-state index in [1.54, 1.807) is 0 Å². The first kappa shape index (κ1) is 32.4. The molecule has 3 aromatic heterocycles. The van der Waals surface area contributed by atoms with Crippen LogP contribution in [0.2, 0.25) is 0 Å². The second-order valence-corrected chi connectivity index (χ2v) is 16.4. The summed E-state index contributed by atoms with van der Waals surface area (Å²) in [7, 11) is -0.449. The third-order valence-electron chi connectivity index (χ3n) is 11.0. The van der Waals surface area contributed by atoms with Gasteiger partial charge in [-0.05, 0) is 135 Å². The van der Waals surface area contributed by atoms with Gasteiger partial charge in [0.05, 0.1) is 11.4 Å². The van der Waals surface area contributed by atoms with Crippen LogP contribution < -0.4 is 0 Å². The van der Waals surface area contributed by atoms with Crippen LogP contribution >= 0.6 is 7.34 Å². The summed E-state index contributed by atoms with van der Waals surface area (Å²) >= 11 is 0. The van der Waals surface area contributed by atoms with Crippen LogP contribution in [0, 0.1) is 0 Å². The minimum atomic E-state index is -0.449. The Bertz CT molecular complexity index is 2720. The van der Waals surface area contributed by atoms with Crippen molar-refractivity contribution in [3.63, 3.8) is 0 Å². The molecule has 0 radical (unpaired) electrons. The summed E-state index contributed by atoms with van der Waals surface area (Å²) in [5.41, 5.74) is 18.3. The maximum atomic E-state index is 5.38. The largest absolute Gasteiger partial charge is 0.264 e. The molecular weight excluding hydrogens is 672 g/mol. The number of aryl methyl sites for hydroxylation is 1. The van der Waals surface area contributed by atoms with Crippen LogP contribution in [0.15, 0.2) is 181 Å². The van der Waals surface area contributed by atoms with Crippen LogP contribution in [-0.4, -0.2) is 10.7 Å². The first-order valence-electron chi connectivity index (χ1n) is 18.9. The summed E-state index contributed by atoms with van der Waals surface area (Å²) in [6.45, 7) is 0. The lowest BCUT2D eigenvalue weighted by Crippen LogP contribution is -2.00. The highest BCUT2D eigenvalue weighted by Crippen LogP contribution is 2.44. The smallest absolute Gasteiger partial charge is 0.170 e. The summed E-state index contributed by atoms with van der Waals surface area (Å²) in [6.07, 6.45) is 12.7. The normalized spacial score (nSPS) is 13.6. The molecule has 3 heteroatoms. The van der Waals surface area contributed by atoms with Crippen molar-refractivity contribution in [1.82, 2.24) is 4.98 Å². The number of pyridine rings is 1. The summed E-state index contributed by atoms with van der Waals surface area (Å²) in [6, 6.07) is 56.0. The van der Waals surface area contributed by atoms with Gasteiger partial charge in [-0.25, -0.2) is 0 Å². The lowest BCUT2D eigenvalue weighted by molar-refractivity contribution is 0.852. The zero-order valence-electron chi connectivity index (χ0n) is 30.0. The van der Waals surface area contributed by atoms with Crippen molar-refractivity contribution < 1.29 is 0 Å². The molecule has 2 nitrogen and oxygen atoms in total. The van der Waals surface area contributed by atoms with Gasteiger partial charge in [-0.1, -0.05) is 109 Å². The Morgan fingerprint density at radius 1 is 0.519 bits per heavy atom. The van der Waals surface area contributed by atoms with Crippen LogP contribution in [0.25, 0.3) is 66.6 Å². The second-order valence-electron chi connectivity index (χ2n) is 14.3. The van der Waals surface area contributed by atoms with Crippen molar-refractivity contribution in [2.45, 2.75) is 25.7 Å². The molecule has 8 aromatic rings. The van der Waals surface area contributed by atoms with E-state index in [1.807, 2.05) is 18.5 Å². The number of nitrogens with zero attached hydrogens (tertiary/aromatic N) is 2. The Morgan fingerprint density at radius 3 is 2.06 bits per heavy atom. The molecule has 0 N–H and O–H groups in total. The molecule has 5 aromatic carbocycles. The summed E-state index contributed by atoms with van der Waals surface area (Å²) in [4.78, 5) is 9.72. The van der Waals surface area contributed by atoms with Crippen molar-refractivity contribution in [3.05, 3.63) is 198 Å². The Hall–Kier alpha value is -6.21. The highest BCUT2D eigenvalue weighted by Gasteiger charge is 2.23. The standard InChI is InChI=1S/C51H38N2P/c1-2-9-37-10-6-15-47(46(37)14-3-1)38-21-19-36(20-22-38)43-31-44-33-49(40-25-27-41(28-26-40)50-16-7-13-45-12-4-5-30-54(45)50)53-51(44)48(32-43)39-23-17-35(18-24-39)42-11-8-29-52-34-42/h3-8,10-32,34H,1-2,9,33H2/q+1. The van der Waals surface area contributed by atoms with Crippen molar-refractivity contribution in [2.75, 3.05) is 0 Å². The molecular formula is C51H38N2P+. The quantitative estimate of drug-likeness (QED) is 0.169. The van der Waals surface area contributed by atoms with Crippen molar-refractivity contribution in [2.24, 2.45) is 4.99 Å². The monoisotopic (exact) mass is 709 g/mol. The summed E-state index contributed by atoms with van der Waals surface area (Å²) in [5.74, 6) is 2.36. The first-order valence-corrected chi connectivity index (χ1v) is 20.3. The zero-order valence-corrected chi connectivity index (χ0v) is 30.9. The Kier molecular flexibility index (Phi) is 8.39. The minimum Gasteiger partial charge on any atom is -0.264 e. The first-order chi connectivity index (χ1) is 26.7. The average Bonchev–Trinajstić information content (AvgIpc) is 3.53. The molecule has 2 aliphatic rings. The topological polar surface area (TPSA) is 25.2 Å². The lowest BCUT2D eigenvalue weighted by Gasteiger charge is -2.14. The van der Waals surface area contributed by atoms with Gasteiger partial charge >= 0.3 is 0 Å². The van der Waals surface area contributed by atoms with E-state index in [9.17, 15) is 0 Å². The van der Waals surface area contributed by atoms with Gasteiger partial charge < -0.3 is 0 Å². The van der Waals surface area contributed by atoms with Gasteiger partial charge in [0.25, 0.3) is 0 Å². The van der Waals surface area contributed by atoms with E-state index < -0.39 is 7.34 Å².